The van der Waals surface area contributed by atoms with Gasteiger partial charge in [-0.25, -0.2) is 0 Å². The van der Waals surface area contributed by atoms with Crippen LogP contribution in [-0.2, 0) is 17.5 Å². The van der Waals surface area contributed by atoms with E-state index >= 15 is 0 Å². The van der Waals surface area contributed by atoms with Crippen LogP contribution in [0.25, 0.3) is 10.8 Å². The molecular formula is C26H28F3N5O. The van der Waals surface area contributed by atoms with Gasteiger partial charge in [-0.3, -0.25) is 4.79 Å². The Morgan fingerprint density at radius 3 is 2.51 bits per heavy atom. The predicted octanol–water partition coefficient (Wildman–Crippen LogP) is 4.98. The largest absolute Gasteiger partial charge is 0.416 e. The van der Waals surface area contributed by atoms with Crippen molar-refractivity contribution in [2.24, 2.45) is 5.41 Å². The van der Waals surface area contributed by atoms with Crippen LogP contribution >= 0.6 is 0 Å². The molecule has 1 aromatic heterocycles. The van der Waals surface area contributed by atoms with E-state index in [1.54, 1.807) is 6.07 Å². The molecule has 1 spiro atoms. The molecule has 184 valence electrons. The van der Waals surface area contributed by atoms with Crippen molar-refractivity contribution < 1.29 is 18.0 Å². The van der Waals surface area contributed by atoms with Crippen molar-refractivity contribution >= 4 is 28.2 Å². The van der Waals surface area contributed by atoms with Gasteiger partial charge in [0.05, 0.1) is 16.7 Å². The number of carbonyl (C=O) groups is 1. The SMILES string of the molecule is Cc1c(CNc2nnc(C)c3ccc(N4CCC5(CCNC5=O)CC4)cc23)cccc1C(F)(F)F. The summed E-state index contributed by atoms with van der Waals surface area (Å²) in [7, 11) is 0. The molecule has 35 heavy (non-hydrogen) atoms. The molecular weight excluding hydrogens is 455 g/mol. The van der Waals surface area contributed by atoms with Gasteiger partial charge >= 0.3 is 6.18 Å². The van der Waals surface area contributed by atoms with Gasteiger partial charge in [0.2, 0.25) is 5.91 Å². The van der Waals surface area contributed by atoms with E-state index in [0.717, 1.165) is 67.1 Å². The summed E-state index contributed by atoms with van der Waals surface area (Å²) in [6, 6.07) is 10.4. The molecule has 3 aromatic rings. The van der Waals surface area contributed by atoms with E-state index in [1.165, 1.54) is 13.0 Å². The minimum atomic E-state index is -4.39. The van der Waals surface area contributed by atoms with Crippen LogP contribution < -0.4 is 15.5 Å². The minimum absolute atomic E-state index is 0.179. The number of amides is 1. The Bertz CT molecular complexity index is 1280. The molecule has 3 heterocycles. The molecule has 0 radical (unpaired) electrons. The lowest BCUT2D eigenvalue weighted by atomic mass is 9.77. The number of alkyl halides is 3. The molecule has 0 unspecified atom stereocenters. The summed E-state index contributed by atoms with van der Waals surface area (Å²) in [5, 5.41) is 16.6. The van der Waals surface area contributed by atoms with Crippen LogP contribution in [0.5, 0.6) is 0 Å². The molecule has 9 heteroatoms. The Labute approximate surface area is 201 Å². The number of rotatable bonds is 4. The average Bonchev–Trinajstić information content (AvgIpc) is 3.18. The molecule has 2 N–H and O–H groups in total. The van der Waals surface area contributed by atoms with Gasteiger partial charge in [0.25, 0.3) is 0 Å². The smallest absolute Gasteiger partial charge is 0.371 e. The van der Waals surface area contributed by atoms with Crippen molar-refractivity contribution in [2.75, 3.05) is 29.9 Å². The highest BCUT2D eigenvalue weighted by Gasteiger charge is 2.44. The van der Waals surface area contributed by atoms with Crippen molar-refractivity contribution in [3.63, 3.8) is 0 Å². The quantitative estimate of drug-likeness (QED) is 0.548. The van der Waals surface area contributed by atoms with Crippen molar-refractivity contribution in [2.45, 2.75) is 45.8 Å². The highest BCUT2D eigenvalue weighted by Crippen LogP contribution is 2.40. The van der Waals surface area contributed by atoms with Gasteiger partial charge in [-0.1, -0.05) is 18.2 Å². The van der Waals surface area contributed by atoms with Crippen LogP contribution in [0.2, 0.25) is 0 Å². The summed E-state index contributed by atoms with van der Waals surface area (Å²) in [5.74, 6) is 0.714. The Kier molecular flexibility index (Phi) is 5.81. The molecule has 0 aliphatic carbocycles. The number of nitrogens with zero attached hydrogens (tertiary/aromatic N) is 3. The lowest BCUT2D eigenvalue weighted by Gasteiger charge is -2.38. The Morgan fingerprint density at radius 1 is 1.06 bits per heavy atom. The molecule has 0 atom stereocenters. The van der Waals surface area contributed by atoms with E-state index in [0.29, 0.717) is 11.4 Å². The lowest BCUT2D eigenvalue weighted by Crippen LogP contribution is -2.43. The molecule has 2 saturated heterocycles. The highest BCUT2D eigenvalue weighted by molar-refractivity contribution is 5.95. The fourth-order valence-electron chi connectivity index (χ4n) is 5.35. The van der Waals surface area contributed by atoms with Gasteiger partial charge in [-0.15, -0.1) is 5.10 Å². The molecule has 2 fully saturated rings. The van der Waals surface area contributed by atoms with Crippen molar-refractivity contribution in [1.82, 2.24) is 15.5 Å². The Hall–Kier alpha value is -3.36. The summed E-state index contributed by atoms with van der Waals surface area (Å²) < 4.78 is 39.9. The van der Waals surface area contributed by atoms with Crippen LogP contribution in [0.3, 0.4) is 0 Å². The van der Waals surface area contributed by atoms with E-state index in [4.69, 9.17) is 0 Å². The number of fused-ring (bicyclic) bond motifs is 1. The normalized spacial score (nSPS) is 17.7. The Morgan fingerprint density at radius 2 is 1.83 bits per heavy atom. The first-order chi connectivity index (χ1) is 16.7. The average molecular weight is 484 g/mol. The van der Waals surface area contributed by atoms with Crippen LogP contribution in [0, 0.1) is 19.3 Å². The summed E-state index contributed by atoms with van der Waals surface area (Å²) >= 11 is 0. The summed E-state index contributed by atoms with van der Waals surface area (Å²) in [6.07, 6.45) is -1.85. The maximum absolute atomic E-state index is 13.3. The maximum Gasteiger partial charge on any atom is 0.416 e. The fourth-order valence-corrected chi connectivity index (χ4v) is 5.35. The van der Waals surface area contributed by atoms with Gasteiger partial charge in [0.15, 0.2) is 5.82 Å². The van der Waals surface area contributed by atoms with E-state index in [2.05, 4.69) is 37.9 Å². The van der Waals surface area contributed by atoms with E-state index in [1.807, 2.05) is 13.0 Å². The number of benzene rings is 2. The second-order valence-corrected chi connectivity index (χ2v) is 9.58. The van der Waals surface area contributed by atoms with Crippen molar-refractivity contribution in [3.05, 3.63) is 58.8 Å². The molecule has 2 aliphatic heterocycles. The molecule has 6 nitrogen and oxygen atoms in total. The summed E-state index contributed by atoms with van der Waals surface area (Å²) in [6.45, 7) is 5.93. The summed E-state index contributed by atoms with van der Waals surface area (Å²) in [5.41, 5.74) is 1.73. The van der Waals surface area contributed by atoms with Gasteiger partial charge in [-0.05, 0) is 62.4 Å². The van der Waals surface area contributed by atoms with Gasteiger partial charge in [0.1, 0.15) is 0 Å². The maximum atomic E-state index is 13.3. The standard InChI is InChI=1S/C26H28F3N5O/c1-16-18(4-3-5-22(16)26(27,28)29)15-31-23-21-14-19(6-7-20(21)17(2)32-33-23)34-12-9-25(10-13-34)8-11-30-24(25)35/h3-7,14H,8-13,15H2,1-2H3,(H,30,35)(H,31,33). The van der Waals surface area contributed by atoms with Crippen LogP contribution in [0.15, 0.2) is 36.4 Å². The number of piperidine rings is 1. The number of aromatic nitrogens is 2. The topological polar surface area (TPSA) is 70.2 Å². The molecule has 5 rings (SSSR count). The Balaban J connectivity index is 1.40. The molecule has 2 aliphatic rings. The van der Waals surface area contributed by atoms with Gasteiger partial charge in [-0.2, -0.15) is 18.3 Å². The zero-order chi connectivity index (χ0) is 24.8. The van der Waals surface area contributed by atoms with Crippen molar-refractivity contribution in [1.29, 1.82) is 0 Å². The van der Waals surface area contributed by atoms with E-state index < -0.39 is 11.7 Å². The minimum Gasteiger partial charge on any atom is -0.371 e. The predicted molar refractivity (Wildman–Crippen MR) is 129 cm³/mol. The third-order valence-corrected chi connectivity index (χ3v) is 7.60. The third-order valence-electron chi connectivity index (χ3n) is 7.60. The first-order valence-electron chi connectivity index (χ1n) is 11.9. The number of hydrogen-bond donors (Lipinski definition) is 2. The fraction of sp³-hybridized carbons (Fsp3) is 0.423. The molecule has 0 saturated carbocycles. The third kappa shape index (κ3) is 4.28. The number of carbonyl (C=O) groups excluding carboxylic acids is 1. The van der Waals surface area contributed by atoms with E-state index in [-0.39, 0.29) is 23.4 Å². The number of hydrogen-bond acceptors (Lipinski definition) is 5. The second kappa shape index (κ2) is 8.70. The monoisotopic (exact) mass is 483 g/mol. The van der Waals surface area contributed by atoms with Crippen LogP contribution in [0.4, 0.5) is 24.7 Å². The number of nitrogens with one attached hydrogen (secondary N) is 2. The van der Waals surface area contributed by atoms with Crippen molar-refractivity contribution in [3.8, 4) is 0 Å². The van der Waals surface area contributed by atoms with Gasteiger partial charge in [0, 0.05) is 42.6 Å². The number of aryl methyl sites for hydroxylation is 1. The lowest BCUT2D eigenvalue weighted by molar-refractivity contribution is -0.138. The zero-order valence-electron chi connectivity index (χ0n) is 19.8. The van der Waals surface area contributed by atoms with E-state index in [9.17, 15) is 18.0 Å². The molecule has 2 aromatic carbocycles. The van der Waals surface area contributed by atoms with Crippen LogP contribution in [-0.4, -0.2) is 35.7 Å². The van der Waals surface area contributed by atoms with Crippen LogP contribution in [0.1, 0.15) is 41.6 Å². The number of halogens is 3. The first-order valence-corrected chi connectivity index (χ1v) is 11.9. The molecule has 0 bridgehead atoms. The first kappa shape index (κ1) is 23.4. The number of anilines is 2. The highest BCUT2D eigenvalue weighted by atomic mass is 19.4. The second-order valence-electron chi connectivity index (χ2n) is 9.58. The van der Waals surface area contributed by atoms with Gasteiger partial charge < -0.3 is 15.5 Å². The summed E-state index contributed by atoms with van der Waals surface area (Å²) in [4.78, 5) is 14.6. The zero-order valence-corrected chi connectivity index (χ0v) is 19.8. The molecule has 1 amide bonds.